The number of likely N-dealkylation sites (tertiary alicyclic amines) is 1. The first-order valence-electron chi connectivity index (χ1n) is 3.87. The molecule has 52 valence electrons. The van der Waals surface area contributed by atoms with Gasteiger partial charge in [-0.1, -0.05) is 6.92 Å². The van der Waals surface area contributed by atoms with Gasteiger partial charge in [-0.05, 0) is 13.0 Å². The van der Waals surface area contributed by atoms with Gasteiger partial charge in [-0.2, -0.15) is 0 Å². The van der Waals surface area contributed by atoms with Crippen LogP contribution < -0.4 is 5.32 Å². The van der Waals surface area contributed by atoms with Crippen molar-refractivity contribution < 1.29 is 0 Å². The molecule has 1 unspecified atom stereocenters. The lowest BCUT2D eigenvalue weighted by atomic mass is 10.2. The Kier molecular flexibility index (Phi) is 1.24. The summed E-state index contributed by atoms with van der Waals surface area (Å²) in [6.45, 7) is 6.02. The Labute approximate surface area is 56.2 Å². The number of nitrogens with one attached hydrogen (secondary N) is 1. The van der Waals surface area contributed by atoms with E-state index in [2.05, 4.69) is 17.1 Å². The minimum absolute atomic E-state index is 0.829. The molecule has 0 saturated carbocycles. The molecule has 0 aromatic heterocycles. The molecule has 0 radical (unpaired) electrons. The molecule has 0 amide bonds. The quantitative estimate of drug-likeness (QED) is 0.534. The Hall–Kier alpha value is -0.0800. The molecule has 2 heterocycles. The number of likely N-dealkylation sites (N-methyl/N-ethyl adjacent to an activating group) is 1. The Morgan fingerprint density at radius 1 is 1.67 bits per heavy atom. The summed E-state index contributed by atoms with van der Waals surface area (Å²) >= 11 is 0. The van der Waals surface area contributed by atoms with Gasteiger partial charge >= 0.3 is 0 Å². The van der Waals surface area contributed by atoms with Gasteiger partial charge in [0.15, 0.2) is 0 Å². The van der Waals surface area contributed by atoms with Crippen molar-refractivity contribution in [2.45, 2.75) is 25.4 Å². The smallest absolute Gasteiger partial charge is 0.0236 e. The fraction of sp³-hybridized carbons (Fsp3) is 1.00. The number of hydrogen-bond donors (Lipinski definition) is 1. The van der Waals surface area contributed by atoms with Crippen LogP contribution in [0.2, 0.25) is 0 Å². The van der Waals surface area contributed by atoms with E-state index < -0.39 is 0 Å². The van der Waals surface area contributed by atoms with E-state index >= 15 is 0 Å². The van der Waals surface area contributed by atoms with Gasteiger partial charge in [0, 0.05) is 25.2 Å². The van der Waals surface area contributed by atoms with E-state index in [1.807, 2.05) is 0 Å². The van der Waals surface area contributed by atoms with Crippen molar-refractivity contribution in [1.82, 2.24) is 10.2 Å². The summed E-state index contributed by atoms with van der Waals surface area (Å²) in [5.41, 5.74) is 0. The topological polar surface area (TPSA) is 15.3 Å². The molecule has 1 N–H and O–H groups in total. The molecule has 2 bridgehead atoms. The molecule has 2 atom stereocenters. The summed E-state index contributed by atoms with van der Waals surface area (Å²) in [5.74, 6) is 0. The molecule has 2 aliphatic heterocycles. The SMILES string of the molecule is CCN1C[C@@H]2CC1CN2. The summed E-state index contributed by atoms with van der Waals surface area (Å²) in [6, 6.07) is 1.70. The highest BCUT2D eigenvalue weighted by atomic mass is 15.3. The van der Waals surface area contributed by atoms with E-state index in [0.717, 1.165) is 12.1 Å². The largest absolute Gasteiger partial charge is 0.311 e. The molecule has 0 aliphatic carbocycles. The predicted molar refractivity (Wildman–Crippen MR) is 37.4 cm³/mol. The third kappa shape index (κ3) is 0.775. The van der Waals surface area contributed by atoms with E-state index in [9.17, 15) is 0 Å². The van der Waals surface area contributed by atoms with E-state index in [1.165, 1.54) is 26.1 Å². The van der Waals surface area contributed by atoms with Gasteiger partial charge in [0.05, 0.1) is 0 Å². The zero-order chi connectivity index (χ0) is 6.27. The van der Waals surface area contributed by atoms with Crippen LogP contribution in [0.1, 0.15) is 13.3 Å². The Balaban J connectivity index is 2.01. The molecular weight excluding hydrogens is 112 g/mol. The summed E-state index contributed by atoms with van der Waals surface area (Å²) in [4.78, 5) is 2.57. The maximum absolute atomic E-state index is 3.48. The molecule has 2 rings (SSSR count). The second-order valence-electron chi connectivity index (χ2n) is 3.08. The molecule has 2 fully saturated rings. The van der Waals surface area contributed by atoms with Gasteiger partial charge in [0.25, 0.3) is 0 Å². The number of piperazine rings is 1. The zero-order valence-corrected chi connectivity index (χ0v) is 5.93. The van der Waals surface area contributed by atoms with Crippen molar-refractivity contribution in [1.29, 1.82) is 0 Å². The second-order valence-corrected chi connectivity index (χ2v) is 3.08. The Bertz CT molecular complexity index is 113. The standard InChI is InChI=1S/C7H14N2/c1-2-9-5-6-3-7(9)4-8-6/h6-8H,2-5H2,1H3/t6-,7?/m0/s1. The molecule has 9 heavy (non-hydrogen) atoms. The number of nitrogens with zero attached hydrogens (tertiary/aromatic N) is 1. The van der Waals surface area contributed by atoms with Crippen LogP contribution in [0.15, 0.2) is 0 Å². The average molecular weight is 126 g/mol. The van der Waals surface area contributed by atoms with Gasteiger partial charge in [-0.3, -0.25) is 4.90 Å². The molecule has 2 heteroatoms. The van der Waals surface area contributed by atoms with Crippen molar-refractivity contribution in [2.75, 3.05) is 19.6 Å². The van der Waals surface area contributed by atoms with E-state index in [-0.39, 0.29) is 0 Å². The zero-order valence-electron chi connectivity index (χ0n) is 5.93. The summed E-state index contributed by atoms with van der Waals surface area (Å²) in [7, 11) is 0. The van der Waals surface area contributed by atoms with Gasteiger partial charge in [-0.25, -0.2) is 0 Å². The molecule has 2 nitrogen and oxygen atoms in total. The Morgan fingerprint density at radius 3 is 2.89 bits per heavy atom. The summed E-state index contributed by atoms with van der Waals surface area (Å²) in [5, 5.41) is 3.48. The lowest BCUT2D eigenvalue weighted by Gasteiger charge is -2.25. The van der Waals surface area contributed by atoms with Crippen LogP contribution in [0.3, 0.4) is 0 Å². The number of fused-ring (bicyclic) bond motifs is 2. The van der Waals surface area contributed by atoms with Crippen LogP contribution in [0.5, 0.6) is 0 Å². The molecule has 0 aromatic rings. The highest BCUT2D eigenvalue weighted by Gasteiger charge is 2.35. The van der Waals surface area contributed by atoms with Crippen LogP contribution in [0.25, 0.3) is 0 Å². The fourth-order valence-corrected chi connectivity index (χ4v) is 2.03. The van der Waals surface area contributed by atoms with Crippen molar-refractivity contribution >= 4 is 0 Å². The van der Waals surface area contributed by atoms with Crippen LogP contribution in [-0.4, -0.2) is 36.6 Å². The first-order chi connectivity index (χ1) is 4.40. The van der Waals surface area contributed by atoms with Gasteiger partial charge < -0.3 is 5.32 Å². The van der Waals surface area contributed by atoms with Gasteiger partial charge in [0.1, 0.15) is 0 Å². The minimum Gasteiger partial charge on any atom is -0.311 e. The van der Waals surface area contributed by atoms with Crippen molar-refractivity contribution in [3.8, 4) is 0 Å². The molecular formula is C7H14N2. The molecule has 0 aromatic carbocycles. The predicted octanol–water partition coefficient (Wildman–Crippen LogP) is 0.0524. The van der Waals surface area contributed by atoms with Crippen LogP contribution >= 0.6 is 0 Å². The summed E-state index contributed by atoms with van der Waals surface area (Å²) in [6.07, 6.45) is 1.40. The lowest BCUT2D eigenvalue weighted by molar-refractivity contribution is 0.238. The van der Waals surface area contributed by atoms with E-state index in [0.29, 0.717) is 0 Å². The lowest BCUT2D eigenvalue weighted by Crippen LogP contribution is -2.43. The average Bonchev–Trinajstić information content (AvgIpc) is 2.45. The monoisotopic (exact) mass is 126 g/mol. The van der Waals surface area contributed by atoms with Crippen molar-refractivity contribution in [3.05, 3.63) is 0 Å². The maximum atomic E-state index is 3.48. The highest BCUT2D eigenvalue weighted by Crippen LogP contribution is 2.21. The first-order valence-corrected chi connectivity index (χ1v) is 3.87. The number of hydrogen-bond acceptors (Lipinski definition) is 2. The van der Waals surface area contributed by atoms with Gasteiger partial charge in [0.2, 0.25) is 0 Å². The maximum Gasteiger partial charge on any atom is 0.0236 e. The minimum atomic E-state index is 0.829. The third-order valence-corrected chi connectivity index (χ3v) is 2.58. The van der Waals surface area contributed by atoms with Crippen molar-refractivity contribution in [3.63, 3.8) is 0 Å². The van der Waals surface area contributed by atoms with Crippen molar-refractivity contribution in [2.24, 2.45) is 0 Å². The fourth-order valence-electron chi connectivity index (χ4n) is 2.03. The van der Waals surface area contributed by atoms with Crippen LogP contribution in [0, 0.1) is 0 Å². The van der Waals surface area contributed by atoms with Crippen LogP contribution in [-0.2, 0) is 0 Å². The third-order valence-electron chi connectivity index (χ3n) is 2.58. The molecule has 2 aliphatic rings. The highest BCUT2D eigenvalue weighted by molar-refractivity contribution is 4.96. The van der Waals surface area contributed by atoms with Gasteiger partial charge in [-0.15, -0.1) is 0 Å². The molecule has 0 spiro atoms. The number of rotatable bonds is 1. The Morgan fingerprint density at radius 2 is 2.56 bits per heavy atom. The molecule has 2 saturated heterocycles. The van der Waals surface area contributed by atoms with Crippen LogP contribution in [0.4, 0.5) is 0 Å². The van der Waals surface area contributed by atoms with E-state index in [4.69, 9.17) is 0 Å². The second kappa shape index (κ2) is 1.96. The first kappa shape index (κ1) is 5.69. The van der Waals surface area contributed by atoms with E-state index in [1.54, 1.807) is 0 Å². The summed E-state index contributed by atoms with van der Waals surface area (Å²) < 4.78 is 0. The normalized spacial score (nSPS) is 42.3.